The van der Waals surface area contributed by atoms with Crippen LogP contribution in [0.25, 0.3) is 0 Å². The molecule has 1 aromatic rings. The standard InChI is InChI=1S/C19H33NO/c1-6-19(21)17-7-9-18(10-8-17)20(13-11-15(2)3)14-12-16(4)5/h7-10,15-16,19,21H,6,11-14H2,1-5H3/t19-/m1/s1. The second kappa shape index (κ2) is 9.09. The predicted molar refractivity (Wildman–Crippen MR) is 92.8 cm³/mol. The van der Waals surface area contributed by atoms with Gasteiger partial charge in [0.15, 0.2) is 0 Å². The van der Waals surface area contributed by atoms with Crippen molar-refractivity contribution in [2.45, 2.75) is 60.0 Å². The number of hydrogen-bond acceptors (Lipinski definition) is 2. The Balaban J connectivity index is 2.75. The van der Waals surface area contributed by atoms with Crippen LogP contribution in [0, 0.1) is 11.8 Å². The highest BCUT2D eigenvalue weighted by Crippen LogP contribution is 2.22. The first kappa shape index (κ1) is 18.0. The van der Waals surface area contributed by atoms with Gasteiger partial charge in [-0.1, -0.05) is 46.8 Å². The molecule has 0 saturated carbocycles. The Morgan fingerprint density at radius 1 is 0.905 bits per heavy atom. The zero-order valence-corrected chi connectivity index (χ0v) is 14.5. The molecular formula is C19H33NO. The zero-order valence-electron chi connectivity index (χ0n) is 14.5. The molecule has 0 heterocycles. The lowest BCUT2D eigenvalue weighted by atomic mass is 10.1. The van der Waals surface area contributed by atoms with Crippen LogP contribution in [0.2, 0.25) is 0 Å². The fraction of sp³-hybridized carbons (Fsp3) is 0.684. The highest BCUT2D eigenvalue weighted by molar-refractivity contribution is 5.47. The average Bonchev–Trinajstić information content (AvgIpc) is 2.46. The molecule has 0 aliphatic rings. The number of hydrogen-bond donors (Lipinski definition) is 1. The molecule has 0 saturated heterocycles. The molecule has 0 bridgehead atoms. The summed E-state index contributed by atoms with van der Waals surface area (Å²) in [5, 5.41) is 9.90. The number of anilines is 1. The Hall–Kier alpha value is -1.02. The Morgan fingerprint density at radius 3 is 1.76 bits per heavy atom. The van der Waals surface area contributed by atoms with Gasteiger partial charge in [0.05, 0.1) is 6.10 Å². The Labute approximate surface area is 131 Å². The van der Waals surface area contributed by atoms with E-state index in [1.54, 1.807) is 0 Å². The Kier molecular flexibility index (Phi) is 7.81. The van der Waals surface area contributed by atoms with E-state index in [-0.39, 0.29) is 6.10 Å². The molecule has 0 unspecified atom stereocenters. The van der Waals surface area contributed by atoms with Gasteiger partial charge in [-0.25, -0.2) is 0 Å². The van der Waals surface area contributed by atoms with Gasteiger partial charge in [0.1, 0.15) is 0 Å². The van der Waals surface area contributed by atoms with Gasteiger partial charge in [0.2, 0.25) is 0 Å². The fourth-order valence-corrected chi connectivity index (χ4v) is 2.34. The molecule has 0 fully saturated rings. The normalized spacial score (nSPS) is 13.0. The van der Waals surface area contributed by atoms with Crippen LogP contribution < -0.4 is 4.90 Å². The minimum atomic E-state index is -0.334. The summed E-state index contributed by atoms with van der Waals surface area (Å²) in [6.07, 6.45) is 2.87. The third-order valence-corrected chi connectivity index (χ3v) is 3.98. The Bertz CT molecular complexity index is 371. The van der Waals surface area contributed by atoms with Gasteiger partial charge in [-0.2, -0.15) is 0 Å². The second-order valence-corrected chi connectivity index (χ2v) is 6.87. The van der Waals surface area contributed by atoms with Crippen molar-refractivity contribution < 1.29 is 5.11 Å². The summed E-state index contributed by atoms with van der Waals surface area (Å²) < 4.78 is 0. The maximum atomic E-state index is 9.90. The number of aliphatic hydroxyl groups is 1. The zero-order chi connectivity index (χ0) is 15.8. The molecule has 0 aliphatic carbocycles. The molecule has 2 nitrogen and oxygen atoms in total. The van der Waals surface area contributed by atoms with E-state index in [0.717, 1.165) is 36.9 Å². The topological polar surface area (TPSA) is 23.5 Å². The van der Waals surface area contributed by atoms with Crippen LogP contribution >= 0.6 is 0 Å². The maximum absolute atomic E-state index is 9.90. The van der Waals surface area contributed by atoms with Gasteiger partial charge in [-0.15, -0.1) is 0 Å². The highest BCUT2D eigenvalue weighted by Gasteiger charge is 2.10. The molecular weight excluding hydrogens is 258 g/mol. The molecule has 0 radical (unpaired) electrons. The van der Waals surface area contributed by atoms with Crippen LogP contribution in [-0.2, 0) is 0 Å². The van der Waals surface area contributed by atoms with E-state index in [4.69, 9.17) is 0 Å². The summed E-state index contributed by atoms with van der Waals surface area (Å²) >= 11 is 0. The molecule has 0 amide bonds. The molecule has 1 aromatic carbocycles. The SMILES string of the molecule is CC[C@@H](O)c1ccc(N(CCC(C)C)CCC(C)C)cc1. The summed E-state index contributed by atoms with van der Waals surface area (Å²) in [4.78, 5) is 2.49. The van der Waals surface area contributed by atoms with E-state index in [0.29, 0.717) is 0 Å². The van der Waals surface area contributed by atoms with E-state index < -0.39 is 0 Å². The first-order valence-electron chi connectivity index (χ1n) is 8.47. The van der Waals surface area contributed by atoms with Crippen molar-refractivity contribution in [2.75, 3.05) is 18.0 Å². The van der Waals surface area contributed by atoms with Crippen molar-refractivity contribution in [1.82, 2.24) is 0 Å². The molecule has 0 aliphatic heterocycles. The first-order chi connectivity index (χ1) is 9.93. The van der Waals surface area contributed by atoms with Gasteiger partial charge < -0.3 is 10.0 Å². The number of nitrogens with zero attached hydrogens (tertiary/aromatic N) is 1. The molecule has 1 rings (SSSR count). The van der Waals surface area contributed by atoms with Crippen LogP contribution in [0.4, 0.5) is 5.69 Å². The lowest BCUT2D eigenvalue weighted by molar-refractivity contribution is 0.173. The quantitative estimate of drug-likeness (QED) is 0.690. The number of rotatable bonds is 9. The van der Waals surface area contributed by atoms with Gasteiger partial charge >= 0.3 is 0 Å². The van der Waals surface area contributed by atoms with Gasteiger partial charge in [-0.3, -0.25) is 0 Å². The molecule has 120 valence electrons. The largest absolute Gasteiger partial charge is 0.388 e. The van der Waals surface area contributed by atoms with Crippen molar-refractivity contribution in [2.24, 2.45) is 11.8 Å². The van der Waals surface area contributed by atoms with Crippen molar-refractivity contribution in [3.05, 3.63) is 29.8 Å². The highest BCUT2D eigenvalue weighted by atomic mass is 16.3. The molecule has 1 N–H and O–H groups in total. The summed E-state index contributed by atoms with van der Waals surface area (Å²) in [5.74, 6) is 1.46. The predicted octanol–water partition coefficient (Wildman–Crippen LogP) is 5.03. The second-order valence-electron chi connectivity index (χ2n) is 6.87. The van der Waals surface area contributed by atoms with Crippen molar-refractivity contribution >= 4 is 5.69 Å². The minimum Gasteiger partial charge on any atom is -0.388 e. The van der Waals surface area contributed by atoms with E-state index >= 15 is 0 Å². The van der Waals surface area contributed by atoms with Crippen LogP contribution in [0.5, 0.6) is 0 Å². The van der Waals surface area contributed by atoms with Crippen molar-refractivity contribution in [1.29, 1.82) is 0 Å². The molecule has 21 heavy (non-hydrogen) atoms. The maximum Gasteiger partial charge on any atom is 0.0787 e. The van der Waals surface area contributed by atoms with E-state index in [9.17, 15) is 5.11 Å². The smallest absolute Gasteiger partial charge is 0.0787 e. The Morgan fingerprint density at radius 2 is 1.38 bits per heavy atom. The molecule has 0 spiro atoms. The van der Waals surface area contributed by atoms with Gasteiger partial charge in [-0.05, 0) is 48.8 Å². The third-order valence-electron chi connectivity index (χ3n) is 3.98. The van der Waals surface area contributed by atoms with Crippen LogP contribution in [0.1, 0.15) is 65.5 Å². The molecule has 2 heteroatoms. The molecule has 0 aromatic heterocycles. The third kappa shape index (κ3) is 6.52. The van der Waals surface area contributed by atoms with Crippen LogP contribution in [0.15, 0.2) is 24.3 Å². The lowest BCUT2D eigenvalue weighted by Crippen LogP contribution is -2.27. The average molecular weight is 291 g/mol. The van der Waals surface area contributed by atoms with Crippen LogP contribution in [-0.4, -0.2) is 18.2 Å². The summed E-state index contributed by atoms with van der Waals surface area (Å²) in [6.45, 7) is 13.3. The van der Waals surface area contributed by atoms with E-state index in [1.807, 2.05) is 6.92 Å². The van der Waals surface area contributed by atoms with Crippen LogP contribution in [0.3, 0.4) is 0 Å². The van der Waals surface area contributed by atoms with Crippen molar-refractivity contribution in [3.8, 4) is 0 Å². The number of aliphatic hydroxyl groups excluding tert-OH is 1. The summed E-state index contributed by atoms with van der Waals surface area (Å²) in [5.41, 5.74) is 2.30. The summed E-state index contributed by atoms with van der Waals surface area (Å²) in [6, 6.07) is 8.46. The first-order valence-corrected chi connectivity index (χ1v) is 8.47. The lowest BCUT2D eigenvalue weighted by Gasteiger charge is -2.27. The monoisotopic (exact) mass is 291 g/mol. The van der Waals surface area contributed by atoms with Gasteiger partial charge in [0.25, 0.3) is 0 Å². The van der Waals surface area contributed by atoms with E-state index in [1.165, 1.54) is 18.5 Å². The molecule has 1 atom stereocenters. The fourth-order valence-electron chi connectivity index (χ4n) is 2.34. The van der Waals surface area contributed by atoms with Crippen molar-refractivity contribution in [3.63, 3.8) is 0 Å². The van der Waals surface area contributed by atoms with Gasteiger partial charge in [0, 0.05) is 18.8 Å². The number of benzene rings is 1. The minimum absolute atomic E-state index is 0.334. The summed E-state index contributed by atoms with van der Waals surface area (Å²) in [7, 11) is 0. The van der Waals surface area contributed by atoms with E-state index in [2.05, 4.69) is 56.9 Å².